The Balaban J connectivity index is 1.87. The van der Waals surface area contributed by atoms with Gasteiger partial charge in [-0.05, 0) is 32.0 Å². The maximum absolute atomic E-state index is 13.8. The Labute approximate surface area is 151 Å². The Kier molecular flexibility index (Phi) is 5.09. The van der Waals surface area contributed by atoms with Crippen molar-refractivity contribution in [2.45, 2.75) is 20.5 Å². The van der Waals surface area contributed by atoms with Crippen molar-refractivity contribution >= 4 is 11.5 Å². The van der Waals surface area contributed by atoms with Gasteiger partial charge in [0, 0.05) is 17.3 Å². The van der Waals surface area contributed by atoms with E-state index in [2.05, 4.69) is 21.4 Å². The van der Waals surface area contributed by atoms with E-state index < -0.39 is 0 Å². The van der Waals surface area contributed by atoms with Crippen molar-refractivity contribution in [1.82, 2.24) is 9.97 Å². The molecular weight excluding hydrogens is 331 g/mol. The number of hydrogen-bond acceptors (Lipinski definition) is 5. The largest absolute Gasteiger partial charge is 0.487 e. The number of hydrogen-bond donors (Lipinski definition) is 1. The predicted octanol–water partition coefficient (Wildman–Crippen LogP) is 4.43. The van der Waals surface area contributed by atoms with Crippen molar-refractivity contribution in [2.24, 2.45) is 0 Å². The predicted molar refractivity (Wildman–Crippen MR) is 96.7 cm³/mol. The molecule has 5 nitrogen and oxygen atoms in total. The minimum Gasteiger partial charge on any atom is -0.487 e. The molecule has 0 aliphatic rings. The fraction of sp³-hybridized carbons (Fsp3) is 0.150. The Morgan fingerprint density at radius 2 is 1.96 bits per heavy atom. The molecule has 1 aromatic heterocycles. The van der Waals surface area contributed by atoms with Crippen molar-refractivity contribution < 1.29 is 9.13 Å². The Morgan fingerprint density at radius 1 is 1.15 bits per heavy atom. The number of aryl methyl sites for hydroxylation is 2. The molecule has 3 aromatic rings. The first-order valence-corrected chi connectivity index (χ1v) is 8.05. The third kappa shape index (κ3) is 3.78. The van der Waals surface area contributed by atoms with Gasteiger partial charge in [0.1, 0.15) is 41.4 Å². The lowest BCUT2D eigenvalue weighted by Gasteiger charge is -2.14. The molecule has 0 radical (unpaired) electrons. The maximum Gasteiger partial charge on any atom is 0.139 e. The molecule has 0 atom stereocenters. The van der Waals surface area contributed by atoms with E-state index in [1.807, 2.05) is 6.92 Å². The lowest BCUT2D eigenvalue weighted by Crippen LogP contribution is -2.04. The van der Waals surface area contributed by atoms with E-state index in [-0.39, 0.29) is 12.4 Å². The standard InChI is InChI=1S/C20H17FN4O/c1-13-11-23-14(2)24-20(13)25-18-8-5-9-19(16(18)10-22)26-12-15-6-3-4-7-17(15)21/h3-9,11H,12H2,1-2H3,(H,23,24,25). The fourth-order valence-corrected chi connectivity index (χ4v) is 2.43. The summed E-state index contributed by atoms with van der Waals surface area (Å²) in [5, 5.41) is 12.7. The first kappa shape index (κ1) is 17.4. The van der Waals surface area contributed by atoms with Gasteiger partial charge in [0.05, 0.1) is 5.69 Å². The van der Waals surface area contributed by atoms with Gasteiger partial charge >= 0.3 is 0 Å². The second-order valence-electron chi connectivity index (χ2n) is 5.74. The maximum atomic E-state index is 13.8. The number of aromatic nitrogens is 2. The summed E-state index contributed by atoms with van der Waals surface area (Å²) in [5.74, 6) is 1.29. The van der Waals surface area contributed by atoms with Gasteiger partial charge in [-0.25, -0.2) is 14.4 Å². The molecule has 0 aliphatic heterocycles. The number of anilines is 2. The van der Waals surface area contributed by atoms with Gasteiger partial charge in [-0.2, -0.15) is 5.26 Å². The average Bonchev–Trinajstić information content (AvgIpc) is 2.64. The zero-order valence-corrected chi connectivity index (χ0v) is 14.5. The summed E-state index contributed by atoms with van der Waals surface area (Å²) in [5.41, 5.74) is 2.19. The van der Waals surface area contributed by atoms with Crippen LogP contribution in [0.5, 0.6) is 5.75 Å². The van der Waals surface area contributed by atoms with Gasteiger partial charge in [0.2, 0.25) is 0 Å². The molecule has 0 spiro atoms. The van der Waals surface area contributed by atoms with Crippen molar-refractivity contribution in [2.75, 3.05) is 5.32 Å². The zero-order chi connectivity index (χ0) is 18.5. The summed E-state index contributed by atoms with van der Waals surface area (Å²) in [7, 11) is 0. The number of rotatable bonds is 5. The third-order valence-corrected chi connectivity index (χ3v) is 3.82. The summed E-state index contributed by atoms with van der Waals surface area (Å²) in [6.45, 7) is 3.71. The van der Waals surface area contributed by atoms with Crippen LogP contribution in [0.25, 0.3) is 0 Å². The molecule has 0 aliphatic carbocycles. The highest BCUT2D eigenvalue weighted by molar-refractivity contribution is 5.69. The average molecular weight is 348 g/mol. The smallest absolute Gasteiger partial charge is 0.139 e. The summed E-state index contributed by atoms with van der Waals surface area (Å²) < 4.78 is 19.4. The lowest BCUT2D eigenvalue weighted by molar-refractivity contribution is 0.299. The van der Waals surface area contributed by atoms with Crippen LogP contribution in [0.4, 0.5) is 15.9 Å². The first-order chi connectivity index (χ1) is 12.6. The third-order valence-electron chi connectivity index (χ3n) is 3.82. The number of nitriles is 1. The summed E-state index contributed by atoms with van der Waals surface area (Å²) in [6.07, 6.45) is 1.72. The quantitative estimate of drug-likeness (QED) is 0.739. The molecule has 0 saturated heterocycles. The Bertz CT molecular complexity index is 982. The van der Waals surface area contributed by atoms with Crippen LogP contribution in [0.3, 0.4) is 0 Å². The lowest BCUT2D eigenvalue weighted by atomic mass is 10.1. The SMILES string of the molecule is Cc1ncc(C)c(Nc2cccc(OCc3ccccc3F)c2C#N)n1. The van der Waals surface area contributed by atoms with E-state index in [9.17, 15) is 9.65 Å². The van der Waals surface area contributed by atoms with Gasteiger partial charge in [0.25, 0.3) is 0 Å². The van der Waals surface area contributed by atoms with E-state index in [4.69, 9.17) is 4.74 Å². The number of nitrogens with one attached hydrogen (secondary N) is 1. The molecule has 1 heterocycles. The van der Waals surface area contributed by atoms with Crippen LogP contribution in [0.2, 0.25) is 0 Å². The molecular formula is C20H17FN4O. The molecule has 2 aromatic carbocycles. The summed E-state index contributed by atoms with van der Waals surface area (Å²) in [4.78, 5) is 8.49. The second kappa shape index (κ2) is 7.62. The van der Waals surface area contributed by atoms with Crippen LogP contribution >= 0.6 is 0 Å². The van der Waals surface area contributed by atoms with Crippen molar-refractivity contribution in [3.63, 3.8) is 0 Å². The van der Waals surface area contributed by atoms with Gasteiger partial charge in [-0.3, -0.25) is 0 Å². The van der Waals surface area contributed by atoms with Crippen LogP contribution in [-0.4, -0.2) is 9.97 Å². The highest BCUT2D eigenvalue weighted by Gasteiger charge is 2.12. The molecule has 1 N–H and O–H groups in total. The van der Waals surface area contributed by atoms with Gasteiger partial charge in [-0.1, -0.05) is 24.3 Å². The van der Waals surface area contributed by atoms with E-state index in [1.54, 1.807) is 49.5 Å². The molecule has 6 heteroatoms. The Morgan fingerprint density at radius 3 is 2.73 bits per heavy atom. The first-order valence-electron chi connectivity index (χ1n) is 8.05. The highest BCUT2D eigenvalue weighted by atomic mass is 19.1. The van der Waals surface area contributed by atoms with Gasteiger partial charge < -0.3 is 10.1 Å². The van der Waals surface area contributed by atoms with Crippen LogP contribution in [-0.2, 0) is 6.61 Å². The highest BCUT2D eigenvalue weighted by Crippen LogP contribution is 2.29. The van der Waals surface area contributed by atoms with Crippen molar-refractivity contribution in [1.29, 1.82) is 5.26 Å². The van der Waals surface area contributed by atoms with Crippen molar-refractivity contribution in [3.05, 3.63) is 77.0 Å². The summed E-state index contributed by atoms with van der Waals surface area (Å²) in [6, 6.07) is 13.8. The number of ether oxygens (including phenoxy) is 1. The molecule has 3 rings (SSSR count). The van der Waals surface area contributed by atoms with Crippen LogP contribution in [0.1, 0.15) is 22.5 Å². The molecule has 0 unspecified atom stereocenters. The fourth-order valence-electron chi connectivity index (χ4n) is 2.43. The number of benzene rings is 2. The molecule has 0 bridgehead atoms. The molecule has 26 heavy (non-hydrogen) atoms. The van der Waals surface area contributed by atoms with E-state index in [0.29, 0.717) is 34.2 Å². The molecule has 0 fully saturated rings. The van der Waals surface area contributed by atoms with Crippen LogP contribution in [0.15, 0.2) is 48.7 Å². The van der Waals surface area contributed by atoms with E-state index in [0.717, 1.165) is 5.56 Å². The minimum atomic E-state index is -0.340. The monoisotopic (exact) mass is 348 g/mol. The van der Waals surface area contributed by atoms with Crippen LogP contribution < -0.4 is 10.1 Å². The van der Waals surface area contributed by atoms with Crippen molar-refractivity contribution in [3.8, 4) is 11.8 Å². The normalized spacial score (nSPS) is 10.2. The van der Waals surface area contributed by atoms with E-state index in [1.165, 1.54) is 6.07 Å². The van der Waals surface area contributed by atoms with Gasteiger partial charge in [0.15, 0.2) is 0 Å². The van der Waals surface area contributed by atoms with Crippen LogP contribution in [0, 0.1) is 31.0 Å². The van der Waals surface area contributed by atoms with Gasteiger partial charge in [-0.15, -0.1) is 0 Å². The molecule has 0 amide bonds. The number of halogens is 1. The second-order valence-corrected chi connectivity index (χ2v) is 5.74. The minimum absolute atomic E-state index is 0.0381. The summed E-state index contributed by atoms with van der Waals surface area (Å²) >= 11 is 0. The van der Waals surface area contributed by atoms with E-state index >= 15 is 0 Å². The molecule has 0 saturated carbocycles. The molecule has 130 valence electrons. The topological polar surface area (TPSA) is 70.8 Å². The zero-order valence-electron chi connectivity index (χ0n) is 14.5. The number of nitrogens with zero attached hydrogens (tertiary/aromatic N) is 3. The Hall–Kier alpha value is -3.46.